The number of halogens is 9. The highest BCUT2D eigenvalue weighted by atomic mass is 32.2. The number of nitrogens with zero attached hydrogens (tertiary/aromatic N) is 4. The number of aryl methyl sites for hydroxylation is 1. The Kier molecular flexibility index (Phi) is 7.65. The number of primary sulfonamides is 1. The van der Waals surface area contributed by atoms with Crippen LogP contribution in [-0.4, -0.2) is 46.7 Å². The number of carbonyl (C=O) groups is 1. The van der Waals surface area contributed by atoms with Gasteiger partial charge in [0.1, 0.15) is 11.3 Å². The second kappa shape index (κ2) is 10.4. The van der Waals surface area contributed by atoms with Crippen molar-refractivity contribution in [1.29, 1.82) is 0 Å². The molecule has 10 nitrogen and oxygen atoms in total. The largest absolute Gasteiger partial charge is 0.483 e. The maximum atomic E-state index is 13.9. The molecular formula is C21H13F9N6O4S2. The molecule has 226 valence electrons. The van der Waals surface area contributed by atoms with Gasteiger partial charge in [-0.25, -0.2) is 28.0 Å². The third kappa shape index (κ3) is 6.57. The van der Waals surface area contributed by atoms with Crippen LogP contribution in [0.4, 0.5) is 44.6 Å². The number of ether oxygens (including phenoxy) is 1. The van der Waals surface area contributed by atoms with Gasteiger partial charge in [-0.15, -0.1) is 0 Å². The highest BCUT2D eigenvalue weighted by Gasteiger charge is 2.38. The highest BCUT2D eigenvalue weighted by molar-refractivity contribution is 7.91. The molecule has 0 unspecified atom stereocenters. The number of nitrogens with one attached hydrogen (secondary N) is 1. The molecule has 42 heavy (non-hydrogen) atoms. The van der Waals surface area contributed by atoms with Crippen LogP contribution in [0.3, 0.4) is 0 Å². The molecule has 0 atom stereocenters. The quantitative estimate of drug-likeness (QED) is 0.279. The lowest BCUT2D eigenvalue weighted by molar-refractivity contribution is -0.158. The fraction of sp³-hybridized carbons (Fsp3) is 0.238. The smallest absolute Gasteiger partial charge is 0.433 e. The van der Waals surface area contributed by atoms with Crippen molar-refractivity contribution in [3.8, 4) is 17.0 Å². The summed E-state index contributed by atoms with van der Waals surface area (Å²) in [4.78, 5) is 20.6. The van der Waals surface area contributed by atoms with E-state index in [1.165, 1.54) is 6.92 Å². The first-order chi connectivity index (χ1) is 19.1. The predicted octanol–water partition coefficient (Wildman–Crippen LogP) is 5.04. The van der Waals surface area contributed by atoms with E-state index >= 15 is 0 Å². The van der Waals surface area contributed by atoms with Crippen molar-refractivity contribution in [3.05, 3.63) is 53.0 Å². The van der Waals surface area contributed by atoms with Crippen molar-refractivity contribution >= 4 is 38.0 Å². The van der Waals surface area contributed by atoms with E-state index in [1.807, 2.05) is 0 Å². The van der Waals surface area contributed by atoms with Crippen molar-refractivity contribution in [1.82, 2.24) is 19.6 Å². The number of anilines is 1. The zero-order chi connectivity index (χ0) is 31.4. The first-order valence-corrected chi connectivity index (χ1v) is 13.2. The second-order valence-electron chi connectivity index (χ2n) is 8.32. The fourth-order valence-electron chi connectivity index (χ4n) is 3.53. The SMILES string of the molecule is Cc1nc(NC(=O)c2cnn3c(C(F)(F)F)cc(-c4ccc(C(F)(F)F)c(OCC(F)(F)F)c4)nc23)sc1S(N)(=O)=O. The van der Waals surface area contributed by atoms with Crippen molar-refractivity contribution in [2.45, 2.75) is 29.7 Å². The minimum Gasteiger partial charge on any atom is -0.483 e. The average molecular weight is 648 g/mol. The van der Waals surface area contributed by atoms with Crippen LogP contribution in [-0.2, 0) is 22.4 Å². The van der Waals surface area contributed by atoms with E-state index in [-0.39, 0.29) is 15.3 Å². The molecule has 3 heterocycles. The number of sulfonamides is 1. The topological polar surface area (TPSA) is 142 Å². The molecule has 0 saturated heterocycles. The van der Waals surface area contributed by atoms with Crippen LogP contribution in [0.25, 0.3) is 16.9 Å². The number of nitrogens with two attached hydrogens (primary N) is 1. The van der Waals surface area contributed by atoms with Gasteiger partial charge in [0, 0.05) is 5.56 Å². The lowest BCUT2D eigenvalue weighted by Crippen LogP contribution is -2.21. The van der Waals surface area contributed by atoms with E-state index in [4.69, 9.17) is 5.14 Å². The van der Waals surface area contributed by atoms with Crippen LogP contribution in [0.2, 0.25) is 0 Å². The molecule has 3 aromatic heterocycles. The third-order valence-electron chi connectivity index (χ3n) is 5.21. The second-order valence-corrected chi connectivity index (χ2v) is 11.1. The predicted molar refractivity (Wildman–Crippen MR) is 126 cm³/mol. The van der Waals surface area contributed by atoms with E-state index in [9.17, 15) is 52.7 Å². The van der Waals surface area contributed by atoms with E-state index in [0.717, 1.165) is 0 Å². The Labute approximate surface area is 232 Å². The molecule has 0 aliphatic rings. The molecule has 0 spiro atoms. The van der Waals surface area contributed by atoms with E-state index in [2.05, 4.69) is 25.1 Å². The van der Waals surface area contributed by atoms with Gasteiger partial charge in [0.15, 0.2) is 27.3 Å². The Morgan fingerprint density at radius 1 is 1.05 bits per heavy atom. The molecule has 21 heteroatoms. The van der Waals surface area contributed by atoms with E-state index in [0.29, 0.717) is 41.8 Å². The number of alkyl halides is 9. The number of rotatable bonds is 6. The lowest BCUT2D eigenvalue weighted by Gasteiger charge is -2.17. The molecule has 0 aliphatic heterocycles. The first-order valence-electron chi connectivity index (χ1n) is 10.8. The highest BCUT2D eigenvalue weighted by Crippen LogP contribution is 2.40. The molecule has 1 aromatic carbocycles. The van der Waals surface area contributed by atoms with Gasteiger partial charge in [0.25, 0.3) is 5.91 Å². The maximum absolute atomic E-state index is 13.9. The van der Waals surface area contributed by atoms with Crippen LogP contribution in [0, 0.1) is 6.92 Å². The van der Waals surface area contributed by atoms with E-state index in [1.54, 1.807) is 0 Å². The maximum Gasteiger partial charge on any atom is 0.433 e. The van der Waals surface area contributed by atoms with Crippen LogP contribution >= 0.6 is 11.3 Å². The van der Waals surface area contributed by atoms with Gasteiger partial charge in [0.2, 0.25) is 10.0 Å². The fourth-order valence-corrected chi connectivity index (χ4v) is 5.39. The van der Waals surface area contributed by atoms with Gasteiger partial charge in [-0.3, -0.25) is 10.1 Å². The number of amides is 1. The number of carbonyl (C=O) groups excluding carboxylic acids is 1. The third-order valence-corrected chi connectivity index (χ3v) is 7.84. The van der Waals surface area contributed by atoms with Crippen molar-refractivity contribution in [3.63, 3.8) is 0 Å². The minimum atomic E-state index is -5.18. The number of hydrogen-bond acceptors (Lipinski definition) is 8. The summed E-state index contributed by atoms with van der Waals surface area (Å²) in [5.74, 6) is -2.48. The molecule has 0 aliphatic carbocycles. The molecule has 0 fully saturated rings. The average Bonchev–Trinajstić information content (AvgIpc) is 3.43. The van der Waals surface area contributed by atoms with Gasteiger partial charge < -0.3 is 4.74 Å². The summed E-state index contributed by atoms with van der Waals surface area (Å²) < 4.78 is 147. The van der Waals surface area contributed by atoms with Crippen molar-refractivity contribution in [2.75, 3.05) is 11.9 Å². The molecular weight excluding hydrogens is 635 g/mol. The number of aromatic nitrogens is 4. The summed E-state index contributed by atoms with van der Waals surface area (Å²) >= 11 is 0.447. The lowest BCUT2D eigenvalue weighted by atomic mass is 10.1. The van der Waals surface area contributed by atoms with Gasteiger partial charge in [-0.05, 0) is 25.1 Å². The zero-order valence-corrected chi connectivity index (χ0v) is 21.9. The van der Waals surface area contributed by atoms with Crippen molar-refractivity contribution < 1.29 is 57.5 Å². The molecule has 4 rings (SSSR count). The Morgan fingerprint density at radius 3 is 2.26 bits per heavy atom. The van der Waals surface area contributed by atoms with Gasteiger partial charge >= 0.3 is 18.5 Å². The summed E-state index contributed by atoms with van der Waals surface area (Å²) in [7, 11) is -4.22. The molecule has 3 N–H and O–H groups in total. The minimum absolute atomic E-state index is 0.0803. The number of hydrogen-bond donors (Lipinski definition) is 2. The van der Waals surface area contributed by atoms with Gasteiger partial charge in [0.05, 0.1) is 23.1 Å². The summed E-state index contributed by atoms with van der Waals surface area (Å²) in [6.45, 7) is -0.864. The molecule has 0 saturated carbocycles. The Hall–Kier alpha value is -3.98. The van der Waals surface area contributed by atoms with Gasteiger partial charge in [-0.1, -0.05) is 17.4 Å². The van der Waals surface area contributed by atoms with E-state index < -0.39 is 84.8 Å². The summed E-state index contributed by atoms with van der Waals surface area (Å²) in [5.41, 5.74) is -5.83. The number of thiazole rings is 1. The zero-order valence-electron chi connectivity index (χ0n) is 20.3. The molecule has 0 radical (unpaired) electrons. The molecule has 4 aromatic rings. The summed E-state index contributed by atoms with van der Waals surface area (Å²) in [6, 6.07) is 1.75. The van der Waals surface area contributed by atoms with Gasteiger partial charge in [-0.2, -0.15) is 44.6 Å². The molecule has 0 bridgehead atoms. The Morgan fingerprint density at radius 2 is 1.71 bits per heavy atom. The summed E-state index contributed by atoms with van der Waals surface area (Å²) in [5, 5.41) is 10.4. The molecule has 1 amide bonds. The first kappa shape index (κ1) is 31.0. The monoisotopic (exact) mass is 648 g/mol. The normalized spacial score (nSPS) is 13.0. The van der Waals surface area contributed by atoms with Crippen LogP contribution in [0.5, 0.6) is 5.75 Å². The van der Waals surface area contributed by atoms with Crippen molar-refractivity contribution in [2.24, 2.45) is 5.14 Å². The Bertz CT molecular complexity index is 1790. The summed E-state index contributed by atoms with van der Waals surface area (Å²) in [6.07, 6.45) is -14.7. The van der Waals surface area contributed by atoms with Crippen LogP contribution < -0.4 is 15.2 Å². The van der Waals surface area contributed by atoms with Crippen LogP contribution in [0.15, 0.2) is 34.7 Å². The standard InChI is InChI=1S/C21H13F9N6O4S2/c1-8-17(42(31,38)39)41-18(33-8)35-16(37)10-6-32-36-14(21(28,29)30)5-12(34-15(10)36)9-2-3-11(20(25,26)27)13(4-9)40-7-19(22,23)24/h2-6H,7H2,1H3,(H2,31,38,39)(H,33,35,37). The Balaban J connectivity index is 1.83. The number of fused-ring (bicyclic) bond motifs is 1. The van der Waals surface area contributed by atoms with Crippen LogP contribution in [0.1, 0.15) is 27.3 Å². The number of benzene rings is 1.